The molecule has 27 heavy (non-hydrogen) atoms. The van der Waals surface area contributed by atoms with Crippen LogP contribution < -0.4 is 10.2 Å². The molecule has 2 aromatic carbocycles. The Kier molecular flexibility index (Phi) is 5.59. The van der Waals surface area contributed by atoms with Gasteiger partial charge in [-0.05, 0) is 56.4 Å². The molecule has 0 radical (unpaired) electrons. The third kappa shape index (κ3) is 4.02. The Morgan fingerprint density at radius 1 is 1.11 bits per heavy atom. The number of benzene rings is 2. The van der Waals surface area contributed by atoms with Crippen molar-refractivity contribution in [2.24, 2.45) is 5.41 Å². The van der Waals surface area contributed by atoms with E-state index in [-0.39, 0.29) is 24.2 Å². The zero-order valence-electron chi connectivity index (χ0n) is 15.8. The highest BCUT2D eigenvalue weighted by atomic mass is 19.1. The lowest BCUT2D eigenvalue weighted by atomic mass is 9.88. The summed E-state index contributed by atoms with van der Waals surface area (Å²) in [7, 11) is 0. The number of aryl methyl sites for hydroxylation is 1. The number of nitrogens with one attached hydrogen (secondary N) is 1. The average molecular weight is 368 g/mol. The molecule has 2 amide bonds. The first kappa shape index (κ1) is 19.1. The summed E-state index contributed by atoms with van der Waals surface area (Å²) in [5.41, 5.74) is 1.38. The molecule has 5 heteroatoms. The minimum absolute atomic E-state index is 0.210. The largest absolute Gasteiger partial charge is 0.355 e. The van der Waals surface area contributed by atoms with Crippen LogP contribution in [0.1, 0.15) is 31.4 Å². The number of amides is 2. The van der Waals surface area contributed by atoms with Crippen LogP contribution in [0.3, 0.4) is 0 Å². The topological polar surface area (TPSA) is 49.4 Å². The van der Waals surface area contributed by atoms with Crippen LogP contribution in [0, 0.1) is 11.2 Å². The Morgan fingerprint density at radius 3 is 2.59 bits per heavy atom. The van der Waals surface area contributed by atoms with E-state index in [1.807, 2.05) is 24.3 Å². The molecular weight excluding hydrogens is 343 g/mol. The fourth-order valence-corrected chi connectivity index (χ4v) is 3.41. The Balaban J connectivity index is 1.66. The fourth-order valence-electron chi connectivity index (χ4n) is 3.41. The van der Waals surface area contributed by atoms with E-state index < -0.39 is 5.41 Å². The summed E-state index contributed by atoms with van der Waals surface area (Å²) in [5, 5.41) is 2.79. The molecule has 2 aromatic rings. The highest BCUT2D eigenvalue weighted by molar-refractivity contribution is 6.11. The molecule has 0 aliphatic carbocycles. The van der Waals surface area contributed by atoms with Crippen LogP contribution in [0.2, 0.25) is 0 Å². The number of hydrogen-bond donors (Lipinski definition) is 1. The van der Waals surface area contributed by atoms with E-state index in [4.69, 9.17) is 0 Å². The molecule has 0 fully saturated rings. The van der Waals surface area contributed by atoms with E-state index >= 15 is 0 Å². The molecule has 0 bridgehead atoms. The van der Waals surface area contributed by atoms with Crippen molar-refractivity contribution in [2.45, 2.75) is 33.1 Å². The van der Waals surface area contributed by atoms with Crippen LogP contribution in [0.4, 0.5) is 10.1 Å². The summed E-state index contributed by atoms with van der Waals surface area (Å²) in [5.74, 6) is -0.836. The summed E-state index contributed by atoms with van der Waals surface area (Å²) >= 11 is 0. The zero-order chi connectivity index (χ0) is 19.4. The minimum Gasteiger partial charge on any atom is -0.355 e. The molecular formula is C22H25FN2O2. The minimum atomic E-state index is -1.19. The predicted octanol–water partition coefficient (Wildman–Crippen LogP) is 3.49. The zero-order valence-corrected chi connectivity index (χ0v) is 15.8. The lowest BCUT2D eigenvalue weighted by Crippen LogP contribution is -2.51. The molecule has 1 heterocycles. The van der Waals surface area contributed by atoms with Crippen molar-refractivity contribution in [1.29, 1.82) is 0 Å². The molecule has 0 spiro atoms. The van der Waals surface area contributed by atoms with E-state index in [0.717, 1.165) is 24.1 Å². The van der Waals surface area contributed by atoms with Crippen molar-refractivity contribution < 1.29 is 14.0 Å². The number of nitrogens with zero attached hydrogens (tertiary/aromatic N) is 1. The van der Waals surface area contributed by atoms with Gasteiger partial charge in [-0.3, -0.25) is 9.59 Å². The smallest absolute Gasteiger partial charge is 0.242 e. The third-order valence-electron chi connectivity index (χ3n) is 5.10. The molecule has 0 saturated carbocycles. The van der Waals surface area contributed by atoms with Crippen molar-refractivity contribution in [3.05, 3.63) is 65.5 Å². The van der Waals surface area contributed by atoms with Crippen molar-refractivity contribution in [2.75, 3.05) is 18.0 Å². The highest BCUT2D eigenvalue weighted by Gasteiger charge is 2.40. The maximum absolute atomic E-state index is 13.7. The maximum atomic E-state index is 13.7. The van der Waals surface area contributed by atoms with Gasteiger partial charge in [0.05, 0.1) is 0 Å². The molecule has 142 valence electrons. The van der Waals surface area contributed by atoms with Gasteiger partial charge in [-0.1, -0.05) is 36.4 Å². The average Bonchev–Trinajstić information content (AvgIpc) is 2.68. The first-order chi connectivity index (χ1) is 12.9. The second-order valence-corrected chi connectivity index (χ2v) is 7.41. The number of carbonyl (C=O) groups excluding carboxylic acids is 2. The van der Waals surface area contributed by atoms with Crippen LogP contribution in [0.5, 0.6) is 0 Å². The summed E-state index contributed by atoms with van der Waals surface area (Å²) in [6.45, 7) is 4.19. The van der Waals surface area contributed by atoms with Crippen LogP contribution in [-0.2, 0) is 22.4 Å². The van der Waals surface area contributed by atoms with Gasteiger partial charge >= 0.3 is 0 Å². The Hall–Kier alpha value is -2.69. The first-order valence-corrected chi connectivity index (χ1v) is 9.33. The maximum Gasteiger partial charge on any atom is 0.242 e. The van der Waals surface area contributed by atoms with Crippen molar-refractivity contribution in [1.82, 2.24) is 5.32 Å². The quantitative estimate of drug-likeness (QED) is 0.822. The van der Waals surface area contributed by atoms with Gasteiger partial charge in [0, 0.05) is 18.8 Å². The summed E-state index contributed by atoms with van der Waals surface area (Å²) in [6, 6.07) is 14.3. The van der Waals surface area contributed by atoms with Gasteiger partial charge in [0.1, 0.15) is 11.2 Å². The molecule has 4 nitrogen and oxygen atoms in total. The van der Waals surface area contributed by atoms with Crippen LogP contribution in [0.15, 0.2) is 48.5 Å². The SMILES string of the molecule is CC(C)(C(=O)NCCc1ccccc1F)C(=O)N1CCCc2ccccc21. The molecule has 0 atom stereocenters. The molecule has 1 aliphatic heterocycles. The van der Waals surface area contributed by atoms with Gasteiger partial charge in [0.2, 0.25) is 11.8 Å². The first-order valence-electron chi connectivity index (χ1n) is 9.33. The van der Waals surface area contributed by atoms with Gasteiger partial charge in [-0.15, -0.1) is 0 Å². The molecule has 3 rings (SSSR count). The number of fused-ring (bicyclic) bond motifs is 1. The van der Waals surface area contributed by atoms with Gasteiger partial charge in [-0.25, -0.2) is 4.39 Å². The van der Waals surface area contributed by atoms with Crippen molar-refractivity contribution in [3.63, 3.8) is 0 Å². The Bertz CT molecular complexity index is 848. The van der Waals surface area contributed by atoms with E-state index in [2.05, 4.69) is 5.32 Å². The molecule has 1 N–H and O–H groups in total. The molecule has 0 unspecified atom stereocenters. The lowest BCUT2D eigenvalue weighted by molar-refractivity contribution is -0.139. The van der Waals surface area contributed by atoms with Gasteiger partial charge in [-0.2, -0.15) is 0 Å². The van der Waals surface area contributed by atoms with Crippen LogP contribution >= 0.6 is 0 Å². The van der Waals surface area contributed by atoms with Gasteiger partial charge < -0.3 is 10.2 Å². The van der Waals surface area contributed by atoms with Crippen LogP contribution in [0.25, 0.3) is 0 Å². The second kappa shape index (κ2) is 7.91. The number of hydrogen-bond acceptors (Lipinski definition) is 2. The highest BCUT2D eigenvalue weighted by Crippen LogP contribution is 2.31. The number of carbonyl (C=O) groups is 2. The predicted molar refractivity (Wildman–Crippen MR) is 104 cm³/mol. The molecule has 1 aliphatic rings. The Morgan fingerprint density at radius 2 is 1.81 bits per heavy atom. The molecule has 0 saturated heterocycles. The number of rotatable bonds is 5. The third-order valence-corrected chi connectivity index (χ3v) is 5.10. The van der Waals surface area contributed by atoms with Crippen molar-refractivity contribution >= 4 is 17.5 Å². The van der Waals surface area contributed by atoms with E-state index in [9.17, 15) is 14.0 Å². The van der Waals surface area contributed by atoms with Crippen molar-refractivity contribution in [3.8, 4) is 0 Å². The molecule has 0 aromatic heterocycles. The second-order valence-electron chi connectivity index (χ2n) is 7.41. The summed E-state index contributed by atoms with van der Waals surface area (Å²) < 4.78 is 13.7. The lowest BCUT2D eigenvalue weighted by Gasteiger charge is -2.35. The Labute approximate surface area is 159 Å². The van der Waals surface area contributed by atoms with E-state index in [1.165, 1.54) is 6.07 Å². The number of para-hydroxylation sites is 1. The fraction of sp³-hybridized carbons (Fsp3) is 0.364. The van der Waals surface area contributed by atoms with Gasteiger partial charge in [0.15, 0.2) is 0 Å². The van der Waals surface area contributed by atoms with E-state index in [1.54, 1.807) is 36.9 Å². The van der Waals surface area contributed by atoms with Gasteiger partial charge in [0.25, 0.3) is 0 Å². The monoisotopic (exact) mass is 368 g/mol. The normalized spacial score (nSPS) is 13.8. The summed E-state index contributed by atoms with van der Waals surface area (Å²) in [6.07, 6.45) is 2.21. The number of halogens is 1. The standard InChI is InChI=1S/C22H25FN2O2/c1-22(2,20(26)24-14-13-16-8-3-5-11-18(16)23)21(27)25-15-7-10-17-9-4-6-12-19(17)25/h3-6,8-9,11-12H,7,10,13-15H2,1-2H3,(H,24,26). The van der Waals surface area contributed by atoms with E-state index in [0.29, 0.717) is 18.5 Å². The number of anilines is 1. The van der Waals surface area contributed by atoms with Crippen LogP contribution in [-0.4, -0.2) is 24.9 Å². The summed E-state index contributed by atoms with van der Waals surface area (Å²) in [4.78, 5) is 27.5.